The molecule has 0 bridgehead atoms. The summed E-state index contributed by atoms with van der Waals surface area (Å²) < 4.78 is 2.62. The van der Waals surface area contributed by atoms with Gasteiger partial charge in [-0.15, -0.1) is 0 Å². The second-order valence-corrected chi connectivity index (χ2v) is 3.04. The zero-order valence-electron chi connectivity index (χ0n) is 6.81. The van der Waals surface area contributed by atoms with E-state index in [4.69, 9.17) is 18.1 Å². The number of aromatic nitrogens is 4. The van der Waals surface area contributed by atoms with Crippen LogP contribution in [-0.4, -0.2) is 19.3 Å². The van der Waals surface area contributed by atoms with E-state index in [1.54, 1.807) is 6.92 Å². The van der Waals surface area contributed by atoms with Crippen molar-refractivity contribution < 1.29 is 0 Å². The van der Waals surface area contributed by atoms with Crippen molar-refractivity contribution in [2.45, 2.75) is 6.92 Å². The summed E-state index contributed by atoms with van der Waals surface area (Å²) in [5, 5.41) is 2.62. The number of fused-ring (bicyclic) bond motifs is 1. The lowest BCUT2D eigenvalue weighted by atomic mass is 10.5. The first-order valence-corrected chi connectivity index (χ1v) is 3.97. The Balaban J connectivity index is 3.12. The number of nitrogens with two attached hydrogens (primary N) is 1. The van der Waals surface area contributed by atoms with E-state index < -0.39 is 0 Å². The fraction of sp³-hybridized carbons (Fsp3) is 0.167. The van der Waals surface area contributed by atoms with Crippen LogP contribution in [0.15, 0.2) is 10.9 Å². The normalized spacial score (nSPS) is 10.8. The number of nitrogen functional groups attached to an aromatic ring is 1. The highest BCUT2D eigenvalue weighted by Crippen LogP contribution is 1.95. The van der Waals surface area contributed by atoms with Gasteiger partial charge in [-0.2, -0.15) is 4.52 Å². The number of nitrogens with zero attached hydrogens (tertiary/aromatic N) is 3. The molecule has 0 saturated carbocycles. The molecule has 0 aliphatic heterocycles. The summed E-state index contributed by atoms with van der Waals surface area (Å²) in [5.41, 5.74) is 0.385. The van der Waals surface area contributed by atoms with Gasteiger partial charge in [0, 0.05) is 11.8 Å². The highest BCUT2D eigenvalue weighted by atomic mass is 32.1. The van der Waals surface area contributed by atoms with Crippen molar-refractivity contribution in [1.82, 2.24) is 19.3 Å². The Labute approximate surface area is 77.6 Å². The molecule has 0 aliphatic carbocycles. The Morgan fingerprint density at radius 3 is 3.08 bits per heavy atom. The molecule has 3 N–H and O–H groups in total. The van der Waals surface area contributed by atoms with Gasteiger partial charge in [0.2, 0.25) is 4.77 Å². The van der Waals surface area contributed by atoms with Crippen molar-refractivity contribution in [1.29, 1.82) is 0 Å². The highest BCUT2D eigenvalue weighted by Gasteiger charge is 2.04. The molecule has 6 nitrogen and oxygen atoms in total. The number of aryl methyl sites for hydroxylation is 1. The van der Waals surface area contributed by atoms with Gasteiger partial charge in [0.25, 0.3) is 11.3 Å². The van der Waals surface area contributed by atoms with Crippen LogP contribution in [0, 0.1) is 11.7 Å². The van der Waals surface area contributed by atoms with Crippen LogP contribution in [0.1, 0.15) is 5.69 Å². The molecule has 2 aromatic rings. The summed E-state index contributed by atoms with van der Waals surface area (Å²) in [6.45, 7) is 1.72. The second-order valence-electron chi connectivity index (χ2n) is 2.66. The minimum absolute atomic E-state index is 0.224. The third kappa shape index (κ3) is 1.04. The molecule has 2 rings (SSSR count). The molecular weight excluding hydrogens is 190 g/mol. The summed E-state index contributed by atoms with van der Waals surface area (Å²) >= 11 is 4.84. The van der Waals surface area contributed by atoms with Gasteiger partial charge in [-0.3, -0.25) is 9.89 Å². The molecule has 0 unspecified atom stereocenters. The monoisotopic (exact) mass is 197 g/mol. The number of hydrogen-bond acceptors (Lipinski definition) is 4. The minimum atomic E-state index is -0.224. The maximum atomic E-state index is 11.3. The Kier molecular flexibility index (Phi) is 1.49. The summed E-state index contributed by atoms with van der Waals surface area (Å²) in [6.07, 6.45) is 0. The summed E-state index contributed by atoms with van der Waals surface area (Å²) in [5.74, 6) is 5.85. The van der Waals surface area contributed by atoms with Crippen LogP contribution >= 0.6 is 12.2 Å². The molecule has 2 aromatic heterocycles. The first-order chi connectivity index (χ1) is 6.09. The Bertz CT molecular complexity index is 577. The van der Waals surface area contributed by atoms with Crippen molar-refractivity contribution in [2.75, 3.05) is 5.84 Å². The lowest BCUT2D eigenvalue weighted by Crippen LogP contribution is -2.17. The van der Waals surface area contributed by atoms with Crippen LogP contribution in [0.2, 0.25) is 0 Å². The molecule has 2 heterocycles. The van der Waals surface area contributed by atoms with Crippen LogP contribution in [-0.2, 0) is 0 Å². The number of rotatable bonds is 0. The lowest BCUT2D eigenvalue weighted by molar-refractivity contribution is 0.883. The van der Waals surface area contributed by atoms with Crippen molar-refractivity contribution in [3.63, 3.8) is 0 Å². The van der Waals surface area contributed by atoms with Crippen LogP contribution in [0.4, 0.5) is 0 Å². The van der Waals surface area contributed by atoms with E-state index in [1.165, 1.54) is 10.6 Å². The standard InChI is InChI=1S/C6H7N5OS/c1-3-2-4(12)11-5(8-3)10(7)6(13)9-11/h2H,7H2,1H3,(H,9,13). The zero-order chi connectivity index (χ0) is 9.59. The van der Waals surface area contributed by atoms with E-state index in [0.29, 0.717) is 11.5 Å². The van der Waals surface area contributed by atoms with Gasteiger partial charge in [-0.05, 0) is 19.1 Å². The van der Waals surface area contributed by atoms with Crippen LogP contribution < -0.4 is 11.4 Å². The Morgan fingerprint density at radius 1 is 1.69 bits per heavy atom. The van der Waals surface area contributed by atoms with Gasteiger partial charge in [-0.1, -0.05) is 0 Å². The Hall–Kier alpha value is -1.63. The van der Waals surface area contributed by atoms with E-state index >= 15 is 0 Å². The number of nitrogens with one attached hydrogen (secondary N) is 1. The molecule has 0 aromatic carbocycles. The van der Waals surface area contributed by atoms with Crippen molar-refractivity contribution in [3.8, 4) is 0 Å². The third-order valence-corrected chi connectivity index (χ3v) is 1.96. The predicted octanol–water partition coefficient (Wildman–Crippen LogP) is -0.424. The number of aromatic amines is 1. The third-order valence-electron chi connectivity index (χ3n) is 1.67. The largest absolute Gasteiger partial charge is 0.334 e. The molecule has 0 aliphatic rings. The fourth-order valence-corrected chi connectivity index (χ4v) is 1.26. The second kappa shape index (κ2) is 2.43. The van der Waals surface area contributed by atoms with Crippen LogP contribution in [0.25, 0.3) is 5.78 Å². The van der Waals surface area contributed by atoms with E-state index in [-0.39, 0.29) is 10.3 Å². The smallest absolute Gasteiger partial charge is 0.274 e. The van der Waals surface area contributed by atoms with Crippen molar-refractivity contribution >= 4 is 18.0 Å². The highest BCUT2D eigenvalue weighted by molar-refractivity contribution is 7.71. The molecule has 68 valence electrons. The van der Waals surface area contributed by atoms with E-state index in [9.17, 15) is 4.79 Å². The molecular formula is C6H7N5OS. The first-order valence-electron chi connectivity index (χ1n) is 3.56. The number of hydrogen-bond donors (Lipinski definition) is 2. The predicted molar refractivity (Wildman–Crippen MR) is 49.5 cm³/mol. The molecule has 13 heavy (non-hydrogen) atoms. The molecule has 0 radical (unpaired) electrons. The average molecular weight is 197 g/mol. The summed E-state index contributed by atoms with van der Waals surface area (Å²) in [7, 11) is 0. The number of H-pyrrole nitrogens is 1. The van der Waals surface area contributed by atoms with Crippen molar-refractivity contribution in [3.05, 3.63) is 26.9 Å². The van der Waals surface area contributed by atoms with Crippen molar-refractivity contribution in [2.24, 2.45) is 0 Å². The molecule has 0 spiro atoms. The lowest BCUT2D eigenvalue weighted by Gasteiger charge is -1.94. The average Bonchev–Trinajstić information content (AvgIpc) is 2.32. The van der Waals surface area contributed by atoms with E-state index in [0.717, 1.165) is 4.68 Å². The van der Waals surface area contributed by atoms with Gasteiger partial charge in [0.05, 0.1) is 0 Å². The maximum Gasteiger partial charge on any atom is 0.274 e. The molecule has 7 heteroatoms. The van der Waals surface area contributed by atoms with Gasteiger partial charge in [0.15, 0.2) is 0 Å². The molecule has 0 saturated heterocycles. The SMILES string of the molecule is Cc1cc(=O)n2[nH]c(=S)n(N)c2n1. The fourth-order valence-electron chi connectivity index (χ4n) is 1.09. The first kappa shape index (κ1) is 7.99. The van der Waals surface area contributed by atoms with E-state index in [1.807, 2.05) is 0 Å². The quantitative estimate of drug-likeness (QED) is 0.444. The van der Waals surface area contributed by atoms with Crippen LogP contribution in [0.5, 0.6) is 0 Å². The molecule has 0 amide bonds. The summed E-state index contributed by atoms with van der Waals surface area (Å²) in [6, 6.07) is 1.40. The van der Waals surface area contributed by atoms with Crippen LogP contribution in [0.3, 0.4) is 0 Å². The Morgan fingerprint density at radius 2 is 2.38 bits per heavy atom. The topological polar surface area (TPSA) is 81.1 Å². The minimum Gasteiger partial charge on any atom is -0.334 e. The van der Waals surface area contributed by atoms with Gasteiger partial charge >= 0.3 is 0 Å². The van der Waals surface area contributed by atoms with Gasteiger partial charge < -0.3 is 5.84 Å². The summed E-state index contributed by atoms with van der Waals surface area (Å²) in [4.78, 5) is 15.4. The zero-order valence-corrected chi connectivity index (χ0v) is 7.63. The molecule has 0 atom stereocenters. The van der Waals surface area contributed by atoms with Gasteiger partial charge in [0.1, 0.15) is 0 Å². The molecule has 0 fully saturated rings. The maximum absolute atomic E-state index is 11.3. The van der Waals surface area contributed by atoms with Gasteiger partial charge in [-0.25, -0.2) is 9.66 Å². The van der Waals surface area contributed by atoms with E-state index in [2.05, 4.69) is 10.1 Å².